The van der Waals surface area contributed by atoms with Crippen LogP contribution >= 0.6 is 0 Å². The molecule has 1 aliphatic heterocycles. The number of pyridine rings is 1. The number of esters is 1. The summed E-state index contributed by atoms with van der Waals surface area (Å²) in [5.41, 5.74) is 3.18. The zero-order valence-electron chi connectivity index (χ0n) is 18.1. The maximum Gasteiger partial charge on any atom is 0.377 e. The summed E-state index contributed by atoms with van der Waals surface area (Å²) in [4.78, 5) is 18.6. The number of fused-ring (bicyclic) bond motifs is 1. The van der Waals surface area contributed by atoms with Crippen molar-refractivity contribution in [1.82, 2.24) is 10.1 Å². The third-order valence-corrected chi connectivity index (χ3v) is 6.16. The summed E-state index contributed by atoms with van der Waals surface area (Å²) in [5.74, 6) is -3.50. The van der Waals surface area contributed by atoms with Crippen molar-refractivity contribution >= 4 is 23.9 Å². The van der Waals surface area contributed by atoms with Crippen molar-refractivity contribution in [2.45, 2.75) is 19.3 Å². The Labute approximate surface area is 189 Å². The smallest absolute Gasteiger partial charge is 0.377 e. The van der Waals surface area contributed by atoms with Gasteiger partial charge in [-0.2, -0.15) is 0 Å². The molecule has 1 aromatic carbocycles. The molecule has 2 atom stereocenters. The van der Waals surface area contributed by atoms with Gasteiger partial charge in [-0.15, -0.1) is 0 Å². The van der Waals surface area contributed by atoms with Gasteiger partial charge in [-0.3, -0.25) is 0 Å². The van der Waals surface area contributed by atoms with Crippen molar-refractivity contribution in [3.05, 3.63) is 76.8 Å². The fourth-order valence-electron chi connectivity index (χ4n) is 4.29. The van der Waals surface area contributed by atoms with Crippen LogP contribution in [-0.4, -0.2) is 41.7 Å². The molecule has 0 amide bonds. The first-order valence-corrected chi connectivity index (χ1v) is 10.9. The van der Waals surface area contributed by atoms with E-state index in [1.54, 1.807) is 13.0 Å². The summed E-state index contributed by atoms with van der Waals surface area (Å²) >= 11 is 0. The molecule has 3 heterocycles. The molecular weight excluding hydrogens is 428 g/mol. The summed E-state index contributed by atoms with van der Waals surface area (Å²) in [7, 11) is 0. The molecule has 1 aliphatic carbocycles. The van der Waals surface area contributed by atoms with E-state index < -0.39 is 23.7 Å². The fourth-order valence-corrected chi connectivity index (χ4v) is 4.29. The second kappa shape index (κ2) is 8.42. The van der Waals surface area contributed by atoms with E-state index in [-0.39, 0.29) is 12.4 Å². The van der Waals surface area contributed by atoms with Crippen LogP contribution in [0, 0.1) is 11.8 Å². The Morgan fingerprint density at radius 3 is 2.67 bits per heavy atom. The Bertz CT molecular complexity index is 1180. The molecule has 5 rings (SSSR count). The van der Waals surface area contributed by atoms with Crippen molar-refractivity contribution in [3.8, 4) is 0 Å². The Morgan fingerprint density at radius 2 is 1.94 bits per heavy atom. The molecule has 33 heavy (non-hydrogen) atoms. The highest BCUT2D eigenvalue weighted by atomic mass is 19.3. The van der Waals surface area contributed by atoms with E-state index in [0.29, 0.717) is 36.7 Å². The van der Waals surface area contributed by atoms with Gasteiger partial charge in [-0.25, -0.2) is 18.6 Å². The molecule has 2 aliphatic rings. The van der Waals surface area contributed by atoms with E-state index in [4.69, 9.17) is 14.2 Å². The molecule has 170 valence electrons. The number of piperidine rings is 1. The standard InChI is InChI=1S/C25H23F2N3O3/c1-2-32-24(31)22-13-18(29-33-22)12-17-9-11-23(30-14-19-20(15-30)25(19,26)27)28-21(17)10-8-16-6-4-3-5-7-16/h3-11,13,19-20H,2,12,14-15H2,1H3/b10-8+/t19-,20?/m0/s1. The minimum absolute atomic E-state index is 0.0510. The van der Waals surface area contributed by atoms with Crippen molar-refractivity contribution in [2.75, 3.05) is 24.6 Å². The molecule has 0 bridgehead atoms. The molecule has 8 heteroatoms. The molecular formula is C25H23F2N3O3. The normalized spacial score (nSPS) is 20.8. The van der Waals surface area contributed by atoms with Gasteiger partial charge in [0.15, 0.2) is 0 Å². The van der Waals surface area contributed by atoms with Gasteiger partial charge in [0.1, 0.15) is 5.82 Å². The van der Waals surface area contributed by atoms with E-state index in [9.17, 15) is 13.6 Å². The topological polar surface area (TPSA) is 68.5 Å². The number of hydrogen-bond donors (Lipinski definition) is 0. The quantitative estimate of drug-likeness (QED) is 0.485. The number of alkyl halides is 2. The lowest BCUT2D eigenvalue weighted by atomic mass is 10.1. The molecule has 0 spiro atoms. The van der Waals surface area contributed by atoms with E-state index in [1.165, 1.54) is 0 Å². The van der Waals surface area contributed by atoms with Gasteiger partial charge in [-0.05, 0) is 30.2 Å². The minimum Gasteiger partial charge on any atom is -0.460 e. The highest BCUT2D eigenvalue weighted by Gasteiger charge is 2.71. The number of carbonyl (C=O) groups excluding carboxylic acids is 1. The van der Waals surface area contributed by atoms with Crippen LogP contribution in [0.25, 0.3) is 12.2 Å². The van der Waals surface area contributed by atoms with Crippen LogP contribution in [0.2, 0.25) is 0 Å². The van der Waals surface area contributed by atoms with Gasteiger partial charge >= 0.3 is 5.97 Å². The third-order valence-electron chi connectivity index (χ3n) is 6.16. The van der Waals surface area contributed by atoms with Crippen molar-refractivity contribution < 1.29 is 22.8 Å². The zero-order valence-corrected chi connectivity index (χ0v) is 18.1. The first-order chi connectivity index (χ1) is 16.0. The van der Waals surface area contributed by atoms with Gasteiger partial charge in [-0.1, -0.05) is 47.6 Å². The average molecular weight is 451 g/mol. The van der Waals surface area contributed by atoms with Gasteiger partial charge in [0.25, 0.3) is 5.92 Å². The van der Waals surface area contributed by atoms with E-state index in [1.807, 2.05) is 59.5 Å². The monoisotopic (exact) mass is 451 g/mol. The molecule has 6 nitrogen and oxygen atoms in total. The molecule has 3 aromatic rings. The Kier molecular flexibility index (Phi) is 5.44. The second-order valence-electron chi connectivity index (χ2n) is 8.33. The summed E-state index contributed by atoms with van der Waals surface area (Å²) < 4.78 is 37.3. The number of benzene rings is 1. The third kappa shape index (κ3) is 4.25. The largest absolute Gasteiger partial charge is 0.460 e. The van der Waals surface area contributed by atoms with Gasteiger partial charge in [0.2, 0.25) is 5.76 Å². The highest BCUT2D eigenvalue weighted by molar-refractivity contribution is 5.86. The molecule has 1 saturated carbocycles. The molecule has 0 radical (unpaired) electrons. The summed E-state index contributed by atoms with van der Waals surface area (Å²) in [6.07, 6.45) is 4.26. The number of halogens is 2. The number of aromatic nitrogens is 2. The maximum atomic E-state index is 13.6. The predicted molar refractivity (Wildman–Crippen MR) is 119 cm³/mol. The van der Waals surface area contributed by atoms with Crippen LogP contribution in [0.5, 0.6) is 0 Å². The van der Waals surface area contributed by atoms with Crippen LogP contribution < -0.4 is 4.90 Å². The van der Waals surface area contributed by atoms with Crippen LogP contribution in [-0.2, 0) is 11.2 Å². The Hall–Kier alpha value is -3.55. The lowest BCUT2D eigenvalue weighted by Gasteiger charge is -2.21. The lowest BCUT2D eigenvalue weighted by Crippen LogP contribution is -2.28. The van der Waals surface area contributed by atoms with Gasteiger partial charge in [0.05, 0.1) is 29.8 Å². The van der Waals surface area contributed by atoms with Crippen LogP contribution in [0.4, 0.5) is 14.6 Å². The molecule has 2 fully saturated rings. The molecule has 1 saturated heterocycles. The first-order valence-electron chi connectivity index (χ1n) is 10.9. The molecule has 1 unspecified atom stereocenters. The number of nitrogens with zero attached hydrogens (tertiary/aromatic N) is 3. The van der Waals surface area contributed by atoms with Gasteiger partial charge in [0, 0.05) is 25.6 Å². The number of hydrogen-bond acceptors (Lipinski definition) is 6. The van der Waals surface area contributed by atoms with Crippen LogP contribution in [0.15, 0.2) is 53.1 Å². The summed E-state index contributed by atoms with van der Waals surface area (Å²) in [6.45, 7) is 2.60. The SMILES string of the molecule is CCOC(=O)c1cc(Cc2ccc(N3CC4[C@H](C3)C4(F)F)nc2/C=C/c2ccccc2)no1. The second-order valence-corrected chi connectivity index (χ2v) is 8.33. The van der Waals surface area contributed by atoms with E-state index in [2.05, 4.69) is 5.16 Å². The zero-order chi connectivity index (χ0) is 23.0. The Balaban J connectivity index is 1.40. The molecule has 2 aromatic heterocycles. The van der Waals surface area contributed by atoms with Crippen molar-refractivity contribution in [3.63, 3.8) is 0 Å². The number of ether oxygens (including phenoxy) is 1. The van der Waals surface area contributed by atoms with Crippen molar-refractivity contribution in [2.24, 2.45) is 11.8 Å². The van der Waals surface area contributed by atoms with E-state index >= 15 is 0 Å². The number of rotatable bonds is 7. The fraction of sp³-hybridized carbons (Fsp3) is 0.320. The average Bonchev–Trinajstić information content (AvgIpc) is 3.27. The predicted octanol–water partition coefficient (Wildman–Crippen LogP) is 4.71. The van der Waals surface area contributed by atoms with Gasteiger partial charge < -0.3 is 14.2 Å². The van der Waals surface area contributed by atoms with Crippen LogP contribution in [0.3, 0.4) is 0 Å². The summed E-state index contributed by atoms with van der Waals surface area (Å²) in [6, 6.07) is 15.2. The molecule has 0 N–H and O–H groups in total. The first kappa shape index (κ1) is 21.3. The number of anilines is 1. The van der Waals surface area contributed by atoms with Crippen LogP contribution in [0.1, 0.15) is 40.0 Å². The Morgan fingerprint density at radius 1 is 1.18 bits per heavy atom. The van der Waals surface area contributed by atoms with E-state index in [0.717, 1.165) is 11.1 Å². The summed E-state index contributed by atoms with van der Waals surface area (Å²) in [5, 5.41) is 3.98. The maximum absolute atomic E-state index is 13.6. The van der Waals surface area contributed by atoms with Crippen molar-refractivity contribution in [1.29, 1.82) is 0 Å². The highest BCUT2D eigenvalue weighted by Crippen LogP contribution is 2.59. The number of carbonyl (C=O) groups is 1. The lowest BCUT2D eigenvalue weighted by molar-refractivity contribution is 0.0479. The minimum atomic E-state index is -2.53.